The quantitative estimate of drug-likeness (QED) is 0.870. The lowest BCUT2D eigenvalue weighted by molar-refractivity contribution is -0.120. The lowest BCUT2D eigenvalue weighted by atomic mass is 10.1. The summed E-state index contributed by atoms with van der Waals surface area (Å²) in [4.78, 5) is 28.1. The van der Waals surface area contributed by atoms with E-state index in [9.17, 15) is 9.59 Å². The van der Waals surface area contributed by atoms with E-state index in [1.54, 1.807) is 21.0 Å². The van der Waals surface area contributed by atoms with Crippen molar-refractivity contribution in [3.63, 3.8) is 0 Å². The molecule has 0 aliphatic rings. The highest BCUT2D eigenvalue weighted by atomic mass is 16.5. The number of nitrogens with zero attached hydrogens (tertiary/aromatic N) is 2. The Kier molecular flexibility index (Phi) is 5.51. The van der Waals surface area contributed by atoms with Crippen molar-refractivity contribution in [1.29, 1.82) is 0 Å². The molecule has 0 saturated heterocycles. The van der Waals surface area contributed by atoms with Gasteiger partial charge >= 0.3 is 0 Å². The van der Waals surface area contributed by atoms with Crippen molar-refractivity contribution in [3.05, 3.63) is 57.8 Å². The van der Waals surface area contributed by atoms with Crippen LogP contribution in [0.2, 0.25) is 0 Å². The molecule has 0 fully saturated rings. The van der Waals surface area contributed by atoms with Gasteiger partial charge in [-0.25, -0.2) is 4.98 Å². The summed E-state index contributed by atoms with van der Waals surface area (Å²) in [6.45, 7) is 4.35. The highest BCUT2D eigenvalue weighted by molar-refractivity contribution is 5.78. The van der Waals surface area contributed by atoms with Gasteiger partial charge in [-0.2, -0.15) is 0 Å². The van der Waals surface area contributed by atoms with E-state index in [4.69, 9.17) is 4.74 Å². The van der Waals surface area contributed by atoms with E-state index in [0.717, 1.165) is 17.0 Å². The van der Waals surface area contributed by atoms with Gasteiger partial charge in [-0.15, -0.1) is 0 Å². The van der Waals surface area contributed by atoms with E-state index in [1.165, 1.54) is 10.9 Å². The molecule has 0 radical (unpaired) electrons. The summed E-state index contributed by atoms with van der Waals surface area (Å²) in [6, 6.07) is 7.36. The van der Waals surface area contributed by atoms with Gasteiger partial charge < -0.3 is 10.1 Å². The summed E-state index contributed by atoms with van der Waals surface area (Å²) < 4.78 is 6.59. The van der Waals surface area contributed by atoms with Gasteiger partial charge in [0, 0.05) is 24.3 Å². The molecule has 1 aromatic heterocycles. The minimum atomic E-state index is -0.0833. The highest BCUT2D eigenvalue weighted by Gasteiger charge is 2.06. The monoisotopic (exact) mass is 315 g/mol. The molecule has 122 valence electrons. The first-order valence-corrected chi connectivity index (χ1v) is 7.43. The summed E-state index contributed by atoms with van der Waals surface area (Å²) in [5, 5.41) is 2.81. The number of rotatable bonds is 6. The molecule has 0 aliphatic heterocycles. The first-order chi connectivity index (χ1) is 11.0. The van der Waals surface area contributed by atoms with Crippen molar-refractivity contribution in [1.82, 2.24) is 14.9 Å². The molecular weight excluding hydrogens is 294 g/mol. The molecule has 0 atom stereocenters. The summed E-state index contributed by atoms with van der Waals surface area (Å²) in [5.41, 5.74) is 2.21. The molecular formula is C17H21N3O3. The summed E-state index contributed by atoms with van der Waals surface area (Å²) >= 11 is 0. The Bertz CT molecular complexity index is 736. The summed E-state index contributed by atoms with van der Waals surface area (Å²) in [7, 11) is 1.60. The van der Waals surface area contributed by atoms with Crippen LogP contribution in [0.1, 0.15) is 16.8 Å². The van der Waals surface area contributed by atoms with Crippen LogP contribution < -0.4 is 15.6 Å². The van der Waals surface area contributed by atoms with Gasteiger partial charge in [-0.05, 0) is 31.5 Å². The molecule has 1 N–H and O–H groups in total. The molecule has 0 unspecified atom stereocenters. The van der Waals surface area contributed by atoms with Crippen molar-refractivity contribution in [2.45, 2.75) is 26.8 Å². The van der Waals surface area contributed by atoms with E-state index in [-0.39, 0.29) is 11.5 Å². The first kappa shape index (κ1) is 16.7. The number of carbonyl (C=O) groups is 1. The highest BCUT2D eigenvalue weighted by Crippen LogP contribution is 2.11. The zero-order chi connectivity index (χ0) is 16.8. The number of carbonyl (C=O) groups excluding carboxylic acids is 1. The van der Waals surface area contributed by atoms with Crippen LogP contribution >= 0.6 is 0 Å². The van der Waals surface area contributed by atoms with Gasteiger partial charge in [0.25, 0.3) is 5.56 Å². The third-order valence-electron chi connectivity index (χ3n) is 3.71. The summed E-state index contributed by atoms with van der Waals surface area (Å²) in [5.74, 6) is 0.677. The van der Waals surface area contributed by atoms with Crippen LogP contribution in [0.25, 0.3) is 0 Å². The molecule has 1 aromatic carbocycles. The predicted molar refractivity (Wildman–Crippen MR) is 87.7 cm³/mol. The molecule has 6 heteroatoms. The normalized spacial score (nSPS) is 10.4. The van der Waals surface area contributed by atoms with Crippen LogP contribution in [0.3, 0.4) is 0 Å². The lowest BCUT2D eigenvalue weighted by Gasteiger charge is -2.09. The fraction of sp³-hybridized carbons (Fsp3) is 0.353. The van der Waals surface area contributed by atoms with E-state index in [2.05, 4.69) is 10.3 Å². The molecule has 1 amide bonds. The molecule has 6 nitrogen and oxygen atoms in total. The number of amides is 1. The van der Waals surface area contributed by atoms with Crippen LogP contribution in [0.5, 0.6) is 5.75 Å². The van der Waals surface area contributed by atoms with Gasteiger partial charge in [0.05, 0.1) is 19.9 Å². The second-order valence-corrected chi connectivity index (χ2v) is 5.33. The van der Waals surface area contributed by atoms with E-state index in [0.29, 0.717) is 25.1 Å². The van der Waals surface area contributed by atoms with E-state index < -0.39 is 0 Å². The smallest absolute Gasteiger partial charge is 0.256 e. The number of benzene rings is 1. The number of hydrogen-bond acceptors (Lipinski definition) is 4. The lowest BCUT2D eigenvalue weighted by Crippen LogP contribution is -2.32. The topological polar surface area (TPSA) is 73.2 Å². The number of ether oxygens (including phenoxy) is 1. The van der Waals surface area contributed by atoms with Crippen molar-refractivity contribution in [2.75, 3.05) is 13.7 Å². The average molecular weight is 315 g/mol. The van der Waals surface area contributed by atoms with Gasteiger partial charge in [0.1, 0.15) is 5.75 Å². The second kappa shape index (κ2) is 7.58. The zero-order valence-corrected chi connectivity index (χ0v) is 13.6. The molecule has 23 heavy (non-hydrogen) atoms. The number of nitrogens with one attached hydrogen (secondary N) is 1. The molecule has 2 aromatic rings. The van der Waals surface area contributed by atoms with Crippen molar-refractivity contribution in [3.8, 4) is 5.75 Å². The SMILES string of the molecule is COc1ccc(CC(=O)NCCn2cnc(C)c(C)c2=O)cc1. The van der Waals surface area contributed by atoms with Crippen molar-refractivity contribution >= 4 is 5.91 Å². The molecule has 0 aliphatic carbocycles. The Labute approximate surface area is 135 Å². The molecule has 0 spiro atoms. The Morgan fingerprint density at radius 3 is 2.61 bits per heavy atom. The Balaban J connectivity index is 1.85. The van der Waals surface area contributed by atoms with Crippen LogP contribution in [0.15, 0.2) is 35.4 Å². The Hall–Kier alpha value is -2.63. The third-order valence-corrected chi connectivity index (χ3v) is 3.71. The largest absolute Gasteiger partial charge is 0.497 e. The Morgan fingerprint density at radius 2 is 1.96 bits per heavy atom. The average Bonchev–Trinajstić information content (AvgIpc) is 2.55. The number of aryl methyl sites for hydroxylation is 1. The van der Waals surface area contributed by atoms with Crippen LogP contribution in [-0.2, 0) is 17.8 Å². The second-order valence-electron chi connectivity index (χ2n) is 5.33. The maximum Gasteiger partial charge on any atom is 0.256 e. The standard InChI is InChI=1S/C17H21N3O3/c1-12-13(2)19-11-20(17(12)22)9-8-18-16(21)10-14-4-6-15(23-3)7-5-14/h4-7,11H,8-10H2,1-3H3,(H,18,21). The van der Waals surface area contributed by atoms with Gasteiger partial charge in [-0.3, -0.25) is 14.2 Å². The fourth-order valence-corrected chi connectivity index (χ4v) is 2.14. The maximum absolute atomic E-state index is 12.0. The Morgan fingerprint density at radius 1 is 1.26 bits per heavy atom. The van der Waals surface area contributed by atoms with E-state index >= 15 is 0 Å². The predicted octanol–water partition coefficient (Wildman–Crippen LogP) is 1.23. The van der Waals surface area contributed by atoms with Crippen molar-refractivity contribution < 1.29 is 9.53 Å². The van der Waals surface area contributed by atoms with Gasteiger partial charge in [0.2, 0.25) is 5.91 Å². The minimum absolute atomic E-state index is 0.0677. The minimum Gasteiger partial charge on any atom is -0.497 e. The van der Waals surface area contributed by atoms with Crippen LogP contribution in [-0.4, -0.2) is 29.1 Å². The fourth-order valence-electron chi connectivity index (χ4n) is 2.14. The number of methoxy groups -OCH3 is 1. The molecule has 2 rings (SSSR count). The number of hydrogen-bond donors (Lipinski definition) is 1. The zero-order valence-electron chi connectivity index (χ0n) is 13.6. The van der Waals surface area contributed by atoms with Crippen LogP contribution in [0, 0.1) is 13.8 Å². The van der Waals surface area contributed by atoms with Crippen molar-refractivity contribution in [2.24, 2.45) is 0 Å². The van der Waals surface area contributed by atoms with Gasteiger partial charge in [-0.1, -0.05) is 12.1 Å². The molecule has 0 bridgehead atoms. The number of aromatic nitrogens is 2. The third kappa shape index (κ3) is 4.42. The molecule has 1 heterocycles. The van der Waals surface area contributed by atoms with Gasteiger partial charge in [0.15, 0.2) is 0 Å². The maximum atomic E-state index is 12.0. The molecule has 0 saturated carbocycles. The summed E-state index contributed by atoms with van der Waals surface area (Å²) in [6.07, 6.45) is 1.81. The van der Waals surface area contributed by atoms with Crippen LogP contribution in [0.4, 0.5) is 0 Å². The van der Waals surface area contributed by atoms with E-state index in [1.807, 2.05) is 24.3 Å². The first-order valence-electron chi connectivity index (χ1n) is 7.43.